The third-order valence-corrected chi connectivity index (χ3v) is 5.44. The second kappa shape index (κ2) is 6.00. The standard InChI is InChI=1S/C20H11FN2O4S/c21-11-3-6-14-13(9-11)17(25)15-16(10-1-4-12(24)5-2-10)23(19(26)18(15)27-14)20-22-7-8-28-20/h1-9,16,24H. The van der Waals surface area contributed by atoms with Crippen molar-refractivity contribution < 1.29 is 18.7 Å². The molecule has 5 rings (SSSR count). The van der Waals surface area contributed by atoms with Crippen LogP contribution in [0.2, 0.25) is 0 Å². The molecule has 138 valence electrons. The molecular weight excluding hydrogens is 383 g/mol. The molecule has 0 bridgehead atoms. The largest absolute Gasteiger partial charge is 0.508 e. The molecule has 1 N–H and O–H groups in total. The van der Waals surface area contributed by atoms with Gasteiger partial charge in [0.15, 0.2) is 10.6 Å². The summed E-state index contributed by atoms with van der Waals surface area (Å²) in [5.41, 5.74) is 0.400. The summed E-state index contributed by atoms with van der Waals surface area (Å²) in [6.45, 7) is 0. The van der Waals surface area contributed by atoms with Gasteiger partial charge < -0.3 is 9.52 Å². The summed E-state index contributed by atoms with van der Waals surface area (Å²) < 4.78 is 19.4. The van der Waals surface area contributed by atoms with Gasteiger partial charge in [-0.05, 0) is 35.9 Å². The fourth-order valence-corrected chi connectivity index (χ4v) is 4.12. The first kappa shape index (κ1) is 16.6. The molecule has 1 aliphatic rings. The average Bonchev–Trinajstić information content (AvgIpc) is 3.30. The summed E-state index contributed by atoms with van der Waals surface area (Å²) in [5.74, 6) is -1.09. The van der Waals surface area contributed by atoms with Gasteiger partial charge >= 0.3 is 0 Å². The Morgan fingerprint density at radius 3 is 2.64 bits per heavy atom. The Morgan fingerprint density at radius 2 is 1.93 bits per heavy atom. The lowest BCUT2D eigenvalue weighted by molar-refractivity contribution is 0.0971. The summed E-state index contributed by atoms with van der Waals surface area (Å²) in [5, 5.41) is 11.8. The van der Waals surface area contributed by atoms with E-state index >= 15 is 0 Å². The lowest BCUT2D eigenvalue weighted by Gasteiger charge is -2.22. The van der Waals surface area contributed by atoms with Gasteiger partial charge in [0.05, 0.1) is 17.0 Å². The smallest absolute Gasteiger partial charge is 0.297 e. The van der Waals surface area contributed by atoms with Gasteiger partial charge in [0, 0.05) is 11.6 Å². The van der Waals surface area contributed by atoms with Crippen molar-refractivity contribution >= 4 is 33.3 Å². The van der Waals surface area contributed by atoms with Crippen LogP contribution in [-0.2, 0) is 0 Å². The first-order valence-corrected chi connectivity index (χ1v) is 9.21. The summed E-state index contributed by atoms with van der Waals surface area (Å²) in [7, 11) is 0. The number of hydrogen-bond donors (Lipinski definition) is 1. The minimum Gasteiger partial charge on any atom is -0.508 e. The number of amides is 1. The molecule has 0 saturated heterocycles. The van der Waals surface area contributed by atoms with Gasteiger partial charge in [-0.3, -0.25) is 14.5 Å². The van der Waals surface area contributed by atoms with Gasteiger partial charge in [-0.2, -0.15) is 0 Å². The maximum atomic E-state index is 13.7. The Labute approximate surface area is 161 Å². The molecular formula is C20H11FN2O4S. The fourth-order valence-electron chi connectivity index (χ4n) is 3.45. The van der Waals surface area contributed by atoms with Crippen LogP contribution < -0.4 is 10.3 Å². The van der Waals surface area contributed by atoms with Gasteiger partial charge in [0.2, 0.25) is 5.76 Å². The Kier molecular flexibility index (Phi) is 3.56. The van der Waals surface area contributed by atoms with Gasteiger partial charge in [0.1, 0.15) is 17.1 Å². The number of thiazole rings is 1. The molecule has 8 heteroatoms. The first-order valence-electron chi connectivity index (χ1n) is 8.33. The molecule has 1 atom stereocenters. The van der Waals surface area contributed by atoms with Crippen molar-refractivity contribution in [2.24, 2.45) is 0 Å². The van der Waals surface area contributed by atoms with Crippen LogP contribution in [0, 0.1) is 5.82 Å². The molecule has 0 fully saturated rings. The topological polar surface area (TPSA) is 83.6 Å². The van der Waals surface area contributed by atoms with Crippen molar-refractivity contribution in [3.8, 4) is 5.75 Å². The van der Waals surface area contributed by atoms with E-state index in [2.05, 4.69) is 4.98 Å². The highest BCUT2D eigenvalue weighted by Crippen LogP contribution is 2.42. The van der Waals surface area contributed by atoms with E-state index in [4.69, 9.17) is 4.42 Å². The third-order valence-electron chi connectivity index (χ3n) is 4.67. The maximum absolute atomic E-state index is 13.7. The highest BCUT2D eigenvalue weighted by molar-refractivity contribution is 7.13. The summed E-state index contributed by atoms with van der Waals surface area (Å²) in [4.78, 5) is 32.0. The van der Waals surface area contributed by atoms with Gasteiger partial charge in [0.25, 0.3) is 5.91 Å². The van der Waals surface area contributed by atoms with Crippen LogP contribution in [0.15, 0.2) is 63.3 Å². The van der Waals surface area contributed by atoms with Crippen LogP contribution in [0.4, 0.5) is 9.52 Å². The normalized spacial score (nSPS) is 16.0. The number of phenolic OH excluding ortho intramolecular Hbond substituents is 1. The number of phenols is 1. The summed E-state index contributed by atoms with van der Waals surface area (Å²) >= 11 is 1.25. The van der Waals surface area contributed by atoms with Crippen molar-refractivity contribution in [2.75, 3.05) is 4.90 Å². The van der Waals surface area contributed by atoms with Crippen LogP contribution in [0.1, 0.15) is 27.7 Å². The van der Waals surface area contributed by atoms with Crippen LogP contribution in [-0.4, -0.2) is 16.0 Å². The molecule has 4 aromatic rings. The fraction of sp³-hybridized carbons (Fsp3) is 0.0500. The molecule has 2 aromatic carbocycles. The SMILES string of the molecule is O=C1c2oc3ccc(F)cc3c(=O)c2C(c2ccc(O)cc2)N1c1nccs1. The number of benzene rings is 2. The van der Waals surface area contributed by atoms with E-state index in [-0.39, 0.29) is 28.0 Å². The predicted octanol–water partition coefficient (Wildman–Crippen LogP) is 3.84. The molecule has 0 saturated carbocycles. The maximum Gasteiger partial charge on any atom is 0.297 e. The Bertz CT molecular complexity index is 1280. The number of aromatic nitrogens is 1. The molecule has 0 spiro atoms. The molecule has 0 radical (unpaired) electrons. The van der Waals surface area contributed by atoms with Crippen molar-refractivity contribution in [1.82, 2.24) is 4.98 Å². The molecule has 2 aromatic heterocycles. The summed E-state index contributed by atoms with van der Waals surface area (Å²) in [6.07, 6.45) is 1.56. The highest BCUT2D eigenvalue weighted by atomic mass is 32.1. The summed E-state index contributed by atoms with van der Waals surface area (Å²) in [6, 6.07) is 9.01. The molecule has 0 aliphatic carbocycles. The Hall–Kier alpha value is -3.52. The zero-order valence-electron chi connectivity index (χ0n) is 14.1. The van der Waals surface area contributed by atoms with E-state index in [0.717, 1.165) is 6.07 Å². The second-order valence-electron chi connectivity index (χ2n) is 6.30. The van der Waals surface area contributed by atoms with Gasteiger partial charge in [-0.25, -0.2) is 9.37 Å². The van der Waals surface area contributed by atoms with Crippen molar-refractivity contribution in [3.05, 3.63) is 87.0 Å². The number of rotatable bonds is 2. The number of hydrogen-bond acceptors (Lipinski definition) is 6. The number of carbonyl (C=O) groups is 1. The number of halogens is 1. The minimum absolute atomic E-state index is 0.0571. The number of anilines is 1. The number of aromatic hydroxyl groups is 1. The lowest BCUT2D eigenvalue weighted by Crippen LogP contribution is -2.29. The molecule has 6 nitrogen and oxygen atoms in total. The second-order valence-corrected chi connectivity index (χ2v) is 7.17. The molecule has 1 unspecified atom stereocenters. The number of fused-ring (bicyclic) bond motifs is 2. The number of carbonyl (C=O) groups excluding carboxylic acids is 1. The number of nitrogens with zero attached hydrogens (tertiary/aromatic N) is 2. The van der Waals surface area contributed by atoms with Crippen molar-refractivity contribution in [1.29, 1.82) is 0 Å². The van der Waals surface area contributed by atoms with Gasteiger partial charge in [-0.15, -0.1) is 11.3 Å². The van der Waals surface area contributed by atoms with Crippen LogP contribution in [0.5, 0.6) is 5.75 Å². The van der Waals surface area contributed by atoms with E-state index < -0.39 is 23.2 Å². The molecule has 28 heavy (non-hydrogen) atoms. The van der Waals surface area contributed by atoms with E-state index in [1.54, 1.807) is 23.7 Å². The van der Waals surface area contributed by atoms with E-state index in [9.17, 15) is 19.1 Å². The minimum atomic E-state index is -0.793. The predicted molar refractivity (Wildman–Crippen MR) is 101 cm³/mol. The third kappa shape index (κ3) is 2.35. The lowest BCUT2D eigenvalue weighted by atomic mass is 9.98. The monoisotopic (exact) mass is 394 g/mol. The van der Waals surface area contributed by atoms with E-state index in [1.807, 2.05) is 0 Å². The Morgan fingerprint density at radius 1 is 1.14 bits per heavy atom. The first-order chi connectivity index (χ1) is 13.5. The molecule has 3 heterocycles. The van der Waals surface area contributed by atoms with Crippen LogP contribution >= 0.6 is 11.3 Å². The Balaban J connectivity index is 1.83. The van der Waals surface area contributed by atoms with Crippen molar-refractivity contribution in [3.63, 3.8) is 0 Å². The van der Waals surface area contributed by atoms with Crippen LogP contribution in [0.3, 0.4) is 0 Å². The zero-order chi connectivity index (χ0) is 19.4. The quantitative estimate of drug-likeness (QED) is 0.558. The highest BCUT2D eigenvalue weighted by Gasteiger charge is 2.44. The molecule has 1 aliphatic heterocycles. The van der Waals surface area contributed by atoms with E-state index in [0.29, 0.717) is 10.7 Å². The molecule has 1 amide bonds. The van der Waals surface area contributed by atoms with Crippen molar-refractivity contribution in [2.45, 2.75) is 6.04 Å². The van der Waals surface area contributed by atoms with Crippen LogP contribution in [0.25, 0.3) is 11.0 Å². The average molecular weight is 394 g/mol. The van der Waals surface area contributed by atoms with E-state index in [1.165, 1.54) is 40.5 Å². The van der Waals surface area contributed by atoms with Gasteiger partial charge in [-0.1, -0.05) is 12.1 Å². The zero-order valence-corrected chi connectivity index (χ0v) is 14.9.